The molecular formula is C17H38O3S. The lowest BCUT2D eigenvalue weighted by atomic mass is 9.97. The van der Waals surface area contributed by atoms with E-state index in [4.69, 9.17) is 12.5 Å². The summed E-state index contributed by atoms with van der Waals surface area (Å²) in [7, 11) is -1.81. The maximum absolute atomic E-state index is 5.97. The normalized spacial score (nSPS) is 14.3. The van der Waals surface area contributed by atoms with Crippen LogP contribution >= 0.6 is 10.9 Å². The fourth-order valence-corrected chi connectivity index (χ4v) is 5.04. The van der Waals surface area contributed by atoms with Gasteiger partial charge in [0.1, 0.15) is 0 Å². The van der Waals surface area contributed by atoms with Gasteiger partial charge in [-0.1, -0.05) is 46.0 Å². The van der Waals surface area contributed by atoms with Crippen LogP contribution in [0.15, 0.2) is 0 Å². The Morgan fingerprint density at radius 3 is 1.57 bits per heavy atom. The summed E-state index contributed by atoms with van der Waals surface area (Å²) in [6, 6.07) is 0. The Bertz CT molecular complexity index is 207. The molecule has 0 bridgehead atoms. The van der Waals surface area contributed by atoms with Gasteiger partial charge in [0.25, 0.3) is 0 Å². The van der Waals surface area contributed by atoms with Crippen molar-refractivity contribution in [2.45, 2.75) is 79.6 Å². The summed E-state index contributed by atoms with van der Waals surface area (Å²) in [5.74, 6) is 1.60. The second-order valence-electron chi connectivity index (χ2n) is 5.45. The van der Waals surface area contributed by atoms with Gasteiger partial charge in [-0.05, 0) is 39.5 Å². The minimum absolute atomic E-state index is 0.658. The van der Waals surface area contributed by atoms with Gasteiger partial charge in [0.2, 0.25) is 0 Å². The fraction of sp³-hybridized carbons (Fsp3) is 1.00. The van der Waals surface area contributed by atoms with Crippen LogP contribution in [0.5, 0.6) is 0 Å². The molecule has 1 atom stereocenters. The van der Waals surface area contributed by atoms with Gasteiger partial charge in [-0.25, -0.2) is 0 Å². The van der Waals surface area contributed by atoms with Gasteiger partial charge in [-0.2, -0.15) is 0 Å². The van der Waals surface area contributed by atoms with Crippen LogP contribution in [0.4, 0.5) is 0 Å². The summed E-state index contributed by atoms with van der Waals surface area (Å²) in [4.78, 5) is 0. The van der Waals surface area contributed by atoms with E-state index in [1.165, 1.54) is 44.9 Å². The van der Waals surface area contributed by atoms with Gasteiger partial charge in [-0.15, -0.1) is 0 Å². The lowest BCUT2D eigenvalue weighted by molar-refractivity contribution is 0.180. The maximum Gasteiger partial charge on any atom is 0.0890 e. The average molecular weight is 323 g/mol. The predicted molar refractivity (Wildman–Crippen MR) is 94.5 cm³/mol. The quantitative estimate of drug-likeness (QED) is 0.344. The van der Waals surface area contributed by atoms with Crippen LogP contribution in [0.1, 0.15) is 79.6 Å². The lowest BCUT2D eigenvalue weighted by Crippen LogP contribution is -2.22. The van der Waals surface area contributed by atoms with E-state index in [0.717, 1.165) is 5.75 Å². The van der Waals surface area contributed by atoms with Crippen molar-refractivity contribution in [3.63, 3.8) is 0 Å². The molecule has 0 aromatic carbocycles. The van der Waals surface area contributed by atoms with Gasteiger partial charge in [-0.3, -0.25) is 12.5 Å². The van der Waals surface area contributed by atoms with Crippen molar-refractivity contribution in [3.8, 4) is 0 Å². The van der Waals surface area contributed by atoms with Crippen molar-refractivity contribution in [2.75, 3.05) is 25.6 Å². The molecule has 1 unspecified atom stereocenters. The molecule has 0 heterocycles. The van der Waals surface area contributed by atoms with Crippen molar-refractivity contribution in [1.82, 2.24) is 0 Å². The van der Waals surface area contributed by atoms with Crippen molar-refractivity contribution in [2.24, 2.45) is 5.92 Å². The number of unbranched alkanes of at least 4 members (excludes halogenated alkanes) is 3. The maximum atomic E-state index is 5.97. The standard InChI is InChI=1S/C17H38O3S/c1-6-11-13-15-17(14-12-7-2)16-21(18-8-3,19-9-4)20-10-5/h17H,6-16H2,1-5H3. The molecule has 0 aromatic heterocycles. The van der Waals surface area contributed by atoms with E-state index in [2.05, 4.69) is 13.8 Å². The Labute approximate surface area is 135 Å². The van der Waals surface area contributed by atoms with Crippen molar-refractivity contribution in [3.05, 3.63) is 0 Å². The first-order valence-corrected chi connectivity index (χ1v) is 10.5. The topological polar surface area (TPSA) is 27.7 Å². The number of hydrogen-bond donors (Lipinski definition) is 0. The van der Waals surface area contributed by atoms with E-state index in [0.29, 0.717) is 25.7 Å². The third-order valence-corrected chi connectivity index (χ3v) is 6.18. The van der Waals surface area contributed by atoms with Crippen LogP contribution in [0.25, 0.3) is 0 Å². The van der Waals surface area contributed by atoms with E-state index in [-0.39, 0.29) is 0 Å². The summed E-state index contributed by atoms with van der Waals surface area (Å²) >= 11 is 0. The molecule has 0 rings (SSSR count). The molecular weight excluding hydrogens is 284 g/mol. The summed E-state index contributed by atoms with van der Waals surface area (Å²) in [5.41, 5.74) is 0. The third kappa shape index (κ3) is 9.77. The molecule has 3 nitrogen and oxygen atoms in total. The molecule has 4 heteroatoms. The highest BCUT2D eigenvalue weighted by molar-refractivity contribution is 8.21. The molecule has 21 heavy (non-hydrogen) atoms. The summed E-state index contributed by atoms with van der Waals surface area (Å²) in [6.45, 7) is 12.6. The molecule has 130 valence electrons. The van der Waals surface area contributed by atoms with Gasteiger partial charge in [0.05, 0.1) is 30.7 Å². The van der Waals surface area contributed by atoms with Crippen LogP contribution in [0.3, 0.4) is 0 Å². The van der Waals surface area contributed by atoms with Crippen LogP contribution in [0.2, 0.25) is 0 Å². The highest BCUT2D eigenvalue weighted by atomic mass is 32.3. The molecule has 0 amide bonds. The molecule has 0 aliphatic carbocycles. The smallest absolute Gasteiger partial charge is 0.0890 e. The Balaban J connectivity index is 4.71. The molecule has 0 N–H and O–H groups in total. The molecule has 0 aliphatic rings. The van der Waals surface area contributed by atoms with E-state index in [9.17, 15) is 0 Å². The second kappa shape index (κ2) is 13.9. The molecule has 0 saturated heterocycles. The zero-order valence-electron chi connectivity index (χ0n) is 15.0. The fourth-order valence-electron chi connectivity index (χ4n) is 2.56. The van der Waals surface area contributed by atoms with Crippen LogP contribution in [-0.4, -0.2) is 25.6 Å². The van der Waals surface area contributed by atoms with E-state index in [1.807, 2.05) is 20.8 Å². The molecule has 0 aliphatic heterocycles. The SMILES string of the molecule is CCCCCC(CCCC)CS(OCC)(OCC)OCC. The third-order valence-electron chi connectivity index (χ3n) is 3.51. The molecule has 0 fully saturated rings. The Morgan fingerprint density at radius 1 is 0.667 bits per heavy atom. The van der Waals surface area contributed by atoms with E-state index in [1.54, 1.807) is 0 Å². The number of rotatable bonds is 15. The van der Waals surface area contributed by atoms with Crippen molar-refractivity contribution >= 4 is 10.9 Å². The van der Waals surface area contributed by atoms with Crippen LogP contribution in [0, 0.1) is 5.92 Å². The van der Waals surface area contributed by atoms with E-state index < -0.39 is 10.9 Å². The Kier molecular flexibility index (Phi) is 14.0. The Morgan fingerprint density at radius 2 is 1.14 bits per heavy atom. The first-order valence-electron chi connectivity index (χ1n) is 8.91. The lowest BCUT2D eigenvalue weighted by Gasteiger charge is -2.39. The monoisotopic (exact) mass is 322 g/mol. The highest BCUT2D eigenvalue weighted by Gasteiger charge is 2.30. The van der Waals surface area contributed by atoms with Crippen LogP contribution < -0.4 is 0 Å². The first kappa shape index (κ1) is 21.2. The largest absolute Gasteiger partial charge is 0.293 e. The predicted octanol–water partition coefficient (Wildman–Crippen LogP) is 6.03. The molecule has 0 radical (unpaired) electrons. The summed E-state index contributed by atoms with van der Waals surface area (Å²) in [6.07, 6.45) is 8.99. The minimum Gasteiger partial charge on any atom is -0.293 e. The minimum atomic E-state index is -1.81. The Hall–Kier alpha value is 0.230. The summed E-state index contributed by atoms with van der Waals surface area (Å²) < 4.78 is 17.9. The van der Waals surface area contributed by atoms with Gasteiger partial charge >= 0.3 is 0 Å². The second-order valence-corrected chi connectivity index (χ2v) is 7.60. The zero-order chi connectivity index (χ0) is 16.0. The molecule has 0 spiro atoms. The average Bonchev–Trinajstić information content (AvgIpc) is 2.45. The highest BCUT2D eigenvalue weighted by Crippen LogP contribution is 2.53. The molecule has 0 aromatic rings. The van der Waals surface area contributed by atoms with Crippen molar-refractivity contribution < 1.29 is 12.5 Å². The van der Waals surface area contributed by atoms with Crippen LogP contribution in [-0.2, 0) is 12.5 Å². The van der Waals surface area contributed by atoms with Gasteiger partial charge in [0.15, 0.2) is 0 Å². The van der Waals surface area contributed by atoms with Crippen molar-refractivity contribution in [1.29, 1.82) is 0 Å². The van der Waals surface area contributed by atoms with Gasteiger partial charge < -0.3 is 0 Å². The number of hydrogen-bond acceptors (Lipinski definition) is 3. The van der Waals surface area contributed by atoms with Gasteiger partial charge in [0, 0.05) is 5.75 Å². The first-order chi connectivity index (χ1) is 10.2. The van der Waals surface area contributed by atoms with E-state index >= 15 is 0 Å². The summed E-state index contributed by atoms with van der Waals surface area (Å²) in [5, 5.41) is 0. The molecule has 0 saturated carbocycles. The zero-order valence-corrected chi connectivity index (χ0v) is 15.8.